The van der Waals surface area contributed by atoms with Gasteiger partial charge in [-0.1, -0.05) is 30.4 Å². The molecule has 0 bridgehead atoms. The highest BCUT2D eigenvalue weighted by Gasteiger charge is 2.22. The van der Waals surface area contributed by atoms with Crippen LogP contribution in [0.15, 0.2) is 54.5 Å². The molecule has 6 nitrogen and oxygen atoms in total. The molecule has 0 spiro atoms. The summed E-state index contributed by atoms with van der Waals surface area (Å²) in [6.45, 7) is 6.61. The van der Waals surface area contributed by atoms with Crippen molar-refractivity contribution < 1.29 is 4.57 Å². The van der Waals surface area contributed by atoms with Crippen molar-refractivity contribution in [3.8, 4) is 24.3 Å². The smallest absolute Gasteiger partial charge is 0.169 e. The number of benzene rings is 1. The van der Waals surface area contributed by atoms with E-state index in [0.717, 1.165) is 30.8 Å². The third-order valence-electron chi connectivity index (χ3n) is 5.64. The van der Waals surface area contributed by atoms with Crippen molar-refractivity contribution in [2.24, 2.45) is 0 Å². The zero-order valence-electron chi connectivity index (χ0n) is 19.2. The van der Waals surface area contributed by atoms with Crippen molar-refractivity contribution in [2.75, 3.05) is 13.1 Å². The van der Waals surface area contributed by atoms with Crippen LogP contribution >= 0.6 is 0 Å². The first kappa shape index (κ1) is 23.7. The van der Waals surface area contributed by atoms with E-state index in [0.29, 0.717) is 0 Å². The van der Waals surface area contributed by atoms with Gasteiger partial charge in [-0.2, -0.15) is 21.0 Å². The fourth-order valence-corrected chi connectivity index (χ4v) is 3.64. The lowest BCUT2D eigenvalue weighted by Gasteiger charge is -2.19. The van der Waals surface area contributed by atoms with Crippen LogP contribution in [-0.2, 0) is 6.54 Å². The number of rotatable bonds is 6. The summed E-state index contributed by atoms with van der Waals surface area (Å²) >= 11 is 0. The third-order valence-corrected chi connectivity index (χ3v) is 5.64. The Labute approximate surface area is 200 Å². The molecule has 34 heavy (non-hydrogen) atoms. The average Bonchev–Trinajstić information content (AvgIpc) is 2.90. The van der Waals surface area contributed by atoms with Gasteiger partial charge < -0.3 is 4.90 Å². The number of likely N-dealkylation sites (N-methyl/N-ethyl adjacent to an activating group) is 1. The zero-order valence-corrected chi connectivity index (χ0v) is 19.2. The van der Waals surface area contributed by atoms with Crippen molar-refractivity contribution in [3.63, 3.8) is 0 Å². The fraction of sp³-hybridized carbons (Fsp3) is 0.179. The van der Waals surface area contributed by atoms with Crippen molar-refractivity contribution in [1.29, 1.82) is 21.0 Å². The molecule has 1 aliphatic heterocycles. The van der Waals surface area contributed by atoms with Gasteiger partial charge >= 0.3 is 0 Å². The Kier molecular flexibility index (Phi) is 7.75. The van der Waals surface area contributed by atoms with Crippen LogP contribution in [0.3, 0.4) is 0 Å². The second-order valence-corrected chi connectivity index (χ2v) is 7.51. The number of allylic oxidation sites excluding steroid dienone is 3. The minimum Gasteiger partial charge on any atom is -0.374 e. The van der Waals surface area contributed by atoms with E-state index in [2.05, 4.69) is 36.1 Å². The van der Waals surface area contributed by atoms with E-state index in [9.17, 15) is 21.0 Å². The lowest BCUT2D eigenvalue weighted by Crippen LogP contribution is -2.30. The molecule has 0 radical (unpaired) electrons. The number of hydrogen-bond acceptors (Lipinski definition) is 5. The Balaban J connectivity index is 2.13. The van der Waals surface area contributed by atoms with Crippen LogP contribution < -0.4 is 4.57 Å². The van der Waals surface area contributed by atoms with Crippen LogP contribution in [0, 0.1) is 45.3 Å². The average molecular weight is 444 g/mol. The normalized spacial score (nSPS) is 12.8. The maximum atomic E-state index is 9.90. The Morgan fingerprint density at radius 1 is 0.824 bits per heavy atom. The summed E-state index contributed by atoms with van der Waals surface area (Å²) in [6.07, 6.45) is 16.7. The van der Waals surface area contributed by atoms with Gasteiger partial charge in [0.2, 0.25) is 0 Å². The first-order valence-electron chi connectivity index (χ1n) is 10.9. The maximum Gasteiger partial charge on any atom is 0.169 e. The van der Waals surface area contributed by atoms with Gasteiger partial charge in [-0.05, 0) is 37.3 Å². The van der Waals surface area contributed by atoms with E-state index >= 15 is 0 Å². The molecule has 6 heteroatoms. The highest BCUT2D eigenvalue weighted by Crippen LogP contribution is 2.30. The number of aromatic nitrogens is 1. The van der Waals surface area contributed by atoms with Gasteiger partial charge in [0.1, 0.15) is 30.8 Å². The molecule has 0 N–H and O–H groups in total. The molecule has 0 unspecified atom stereocenters. The summed E-state index contributed by atoms with van der Waals surface area (Å²) in [5, 5.41) is 39.6. The van der Waals surface area contributed by atoms with E-state index in [4.69, 9.17) is 0 Å². The zero-order chi connectivity index (χ0) is 24.5. The summed E-state index contributed by atoms with van der Waals surface area (Å²) in [5.74, 6) is 0. The fourth-order valence-electron chi connectivity index (χ4n) is 3.64. The second kappa shape index (κ2) is 11.1. The minimum atomic E-state index is 0.0822. The van der Waals surface area contributed by atoms with Crippen molar-refractivity contribution >= 4 is 18.2 Å². The number of nitrogens with zero attached hydrogens (tertiary/aromatic N) is 6. The van der Waals surface area contributed by atoms with Crippen LogP contribution in [-0.4, -0.2) is 18.0 Å². The molecule has 0 fully saturated rings. The van der Waals surface area contributed by atoms with Crippen LogP contribution in [0.5, 0.6) is 0 Å². The number of aryl methyl sites for hydroxylation is 1. The molecule has 1 aromatic carbocycles. The van der Waals surface area contributed by atoms with Crippen molar-refractivity contribution in [2.45, 2.75) is 20.4 Å². The highest BCUT2D eigenvalue weighted by molar-refractivity contribution is 5.84. The summed E-state index contributed by atoms with van der Waals surface area (Å²) in [6, 6.07) is 12.1. The molecule has 0 amide bonds. The number of hydrogen-bond donors (Lipinski definition) is 0. The first-order valence-corrected chi connectivity index (χ1v) is 10.9. The van der Waals surface area contributed by atoms with Crippen molar-refractivity contribution in [1.82, 2.24) is 4.90 Å². The SMILES string of the molecule is CCN1C=CC(/C=C/c2c(C#N)c(C#N)c(/C=C/c3cc[n+](CC)cc3)c(C#N)c2C#N)=CC1. The van der Waals surface area contributed by atoms with E-state index in [-0.39, 0.29) is 33.4 Å². The number of pyridine rings is 1. The van der Waals surface area contributed by atoms with E-state index in [1.807, 2.05) is 54.4 Å². The Morgan fingerprint density at radius 3 is 1.76 bits per heavy atom. The molecular formula is C28H23N6+. The lowest BCUT2D eigenvalue weighted by atomic mass is 9.87. The largest absolute Gasteiger partial charge is 0.374 e. The summed E-state index contributed by atoms with van der Waals surface area (Å²) in [5.41, 5.74) is 2.69. The van der Waals surface area contributed by atoms with E-state index in [1.54, 1.807) is 24.3 Å². The molecule has 2 heterocycles. The predicted octanol–water partition coefficient (Wildman–Crippen LogP) is 4.44. The molecule has 0 saturated carbocycles. The Morgan fingerprint density at radius 2 is 1.35 bits per heavy atom. The quantitative estimate of drug-likeness (QED) is 0.614. The first-order chi connectivity index (χ1) is 16.6. The highest BCUT2D eigenvalue weighted by atomic mass is 15.1. The summed E-state index contributed by atoms with van der Waals surface area (Å²) < 4.78 is 2.01. The van der Waals surface area contributed by atoms with Crippen molar-refractivity contribution in [3.05, 3.63) is 93.5 Å². The van der Waals surface area contributed by atoms with Gasteiger partial charge in [0, 0.05) is 36.3 Å². The molecule has 1 aliphatic rings. The lowest BCUT2D eigenvalue weighted by molar-refractivity contribution is -0.693. The summed E-state index contributed by atoms with van der Waals surface area (Å²) in [7, 11) is 0. The second-order valence-electron chi connectivity index (χ2n) is 7.51. The van der Waals surface area contributed by atoms with Gasteiger partial charge in [-0.15, -0.1) is 0 Å². The third kappa shape index (κ3) is 4.94. The molecule has 0 aliphatic carbocycles. The van der Waals surface area contributed by atoms with Gasteiger partial charge in [0.25, 0.3) is 0 Å². The predicted molar refractivity (Wildman–Crippen MR) is 130 cm³/mol. The maximum absolute atomic E-state index is 9.90. The van der Waals surface area contributed by atoms with Crippen LogP contribution in [0.4, 0.5) is 0 Å². The van der Waals surface area contributed by atoms with E-state index < -0.39 is 0 Å². The van der Waals surface area contributed by atoms with Crippen LogP contribution in [0.2, 0.25) is 0 Å². The molecule has 0 saturated heterocycles. The topological polar surface area (TPSA) is 102 Å². The Hall–Kier alpha value is -4.91. The molecule has 1 aromatic heterocycles. The summed E-state index contributed by atoms with van der Waals surface area (Å²) in [4.78, 5) is 2.13. The molecule has 164 valence electrons. The van der Waals surface area contributed by atoms with Crippen LogP contribution in [0.25, 0.3) is 18.2 Å². The van der Waals surface area contributed by atoms with Gasteiger partial charge in [0.15, 0.2) is 12.4 Å². The minimum absolute atomic E-state index is 0.0822. The molecule has 3 rings (SSSR count). The van der Waals surface area contributed by atoms with Gasteiger partial charge in [0.05, 0.1) is 22.3 Å². The standard InChI is InChI=1S/C28H23N6/c1-3-33-13-9-21(10-14-33)5-7-23-25(17-29)27(19-31)24(28(20-32)26(23)18-30)8-6-22-11-15-34(4-2)16-12-22/h5-15H,3-4,16H2,1-2H3/q+1/b7-5+,8-6+. The van der Waals surface area contributed by atoms with Gasteiger partial charge in [-0.3, -0.25) is 0 Å². The van der Waals surface area contributed by atoms with Gasteiger partial charge in [-0.25, -0.2) is 4.57 Å². The number of nitriles is 4. The molecule has 2 aromatic rings. The molecule has 0 atom stereocenters. The molecular weight excluding hydrogens is 420 g/mol. The van der Waals surface area contributed by atoms with E-state index in [1.165, 1.54) is 0 Å². The monoisotopic (exact) mass is 443 g/mol. The van der Waals surface area contributed by atoms with Crippen LogP contribution in [0.1, 0.15) is 52.8 Å². The Bertz CT molecular complexity index is 1320.